The predicted octanol–water partition coefficient (Wildman–Crippen LogP) is 3.87. The van der Waals surface area contributed by atoms with E-state index in [4.69, 9.17) is 4.74 Å². The van der Waals surface area contributed by atoms with Crippen LogP contribution in [0.5, 0.6) is 0 Å². The van der Waals surface area contributed by atoms with Crippen molar-refractivity contribution >= 4 is 12.1 Å². The fourth-order valence-electron chi connectivity index (χ4n) is 5.07. The van der Waals surface area contributed by atoms with Gasteiger partial charge in [0.2, 0.25) is 0 Å². The zero-order valence-electron chi connectivity index (χ0n) is 14.9. The Balaban J connectivity index is 1.37. The van der Waals surface area contributed by atoms with Gasteiger partial charge in [0.25, 0.3) is 0 Å². The molecule has 6 rings (SSSR count). The molecule has 138 valence electrons. The van der Waals surface area contributed by atoms with E-state index in [0.717, 1.165) is 17.5 Å². The smallest absolute Gasteiger partial charge is 0.410 e. The molecule has 5 heteroatoms. The summed E-state index contributed by atoms with van der Waals surface area (Å²) < 4.78 is 5.67. The zero-order chi connectivity index (χ0) is 18.6. The summed E-state index contributed by atoms with van der Waals surface area (Å²) in [5.74, 6) is -0.494. The van der Waals surface area contributed by atoms with Crippen molar-refractivity contribution in [2.24, 2.45) is 5.92 Å². The lowest BCUT2D eigenvalue weighted by molar-refractivity contribution is -0.167. The van der Waals surface area contributed by atoms with E-state index in [1.54, 1.807) is 0 Å². The Kier molecular flexibility index (Phi) is 3.54. The fourth-order valence-corrected chi connectivity index (χ4v) is 5.07. The molecule has 1 amide bonds. The van der Waals surface area contributed by atoms with E-state index in [2.05, 4.69) is 24.3 Å². The van der Waals surface area contributed by atoms with Gasteiger partial charge in [0.05, 0.1) is 0 Å². The number of ether oxygens (including phenoxy) is 1. The second kappa shape index (κ2) is 5.84. The Labute approximate surface area is 157 Å². The molecule has 0 atom stereocenters. The van der Waals surface area contributed by atoms with Crippen molar-refractivity contribution in [2.75, 3.05) is 13.2 Å². The van der Waals surface area contributed by atoms with Crippen molar-refractivity contribution in [1.82, 2.24) is 4.90 Å². The van der Waals surface area contributed by atoms with Gasteiger partial charge < -0.3 is 9.84 Å². The second-order valence-electron chi connectivity index (χ2n) is 7.86. The monoisotopic (exact) mass is 363 g/mol. The molecular weight excluding hydrogens is 342 g/mol. The van der Waals surface area contributed by atoms with Gasteiger partial charge in [-0.25, -0.2) is 9.59 Å². The molecule has 0 aromatic heterocycles. The summed E-state index contributed by atoms with van der Waals surface area (Å²) in [6, 6.07) is 16.4. The van der Waals surface area contributed by atoms with E-state index in [1.807, 2.05) is 24.3 Å². The highest BCUT2D eigenvalue weighted by atomic mass is 16.6. The summed E-state index contributed by atoms with van der Waals surface area (Å²) in [5.41, 5.74) is 3.61. The largest absolute Gasteiger partial charge is 0.479 e. The Morgan fingerprint density at radius 3 is 2.22 bits per heavy atom. The maximum absolute atomic E-state index is 12.8. The van der Waals surface area contributed by atoms with E-state index < -0.39 is 17.6 Å². The van der Waals surface area contributed by atoms with Gasteiger partial charge >= 0.3 is 12.1 Å². The standard InChI is InChI=1S/C22H21NO4/c24-20(25)22-11-14(12-22)9-10-23(22)21(26)27-13-19-17-7-3-1-5-15(17)16-6-2-4-8-18(16)19/h1-8,14,19H,9-13H2,(H,24,25). The van der Waals surface area contributed by atoms with Gasteiger partial charge in [0.1, 0.15) is 12.1 Å². The maximum Gasteiger partial charge on any atom is 0.410 e. The SMILES string of the molecule is O=C(OCC1c2ccccc2-c2ccccc21)N1CCC2CC1(C(=O)O)C2. The molecular formula is C22H21NO4. The average Bonchev–Trinajstić information content (AvgIpc) is 2.99. The van der Waals surface area contributed by atoms with Crippen LogP contribution in [0.4, 0.5) is 4.79 Å². The van der Waals surface area contributed by atoms with Crippen LogP contribution in [0, 0.1) is 5.92 Å². The minimum Gasteiger partial charge on any atom is -0.479 e. The molecule has 2 bridgehead atoms. The van der Waals surface area contributed by atoms with Crippen molar-refractivity contribution in [3.63, 3.8) is 0 Å². The van der Waals surface area contributed by atoms with Crippen LogP contribution < -0.4 is 0 Å². The summed E-state index contributed by atoms with van der Waals surface area (Å²) in [7, 11) is 0. The third kappa shape index (κ3) is 2.30. The first-order valence-corrected chi connectivity index (χ1v) is 9.46. The third-order valence-electron chi connectivity index (χ3n) is 6.48. The topological polar surface area (TPSA) is 66.8 Å². The molecule has 5 nitrogen and oxygen atoms in total. The average molecular weight is 363 g/mol. The summed E-state index contributed by atoms with van der Waals surface area (Å²) in [6.45, 7) is 0.691. The molecule has 0 spiro atoms. The van der Waals surface area contributed by atoms with Crippen molar-refractivity contribution in [3.8, 4) is 11.1 Å². The van der Waals surface area contributed by atoms with Crippen LogP contribution in [0.25, 0.3) is 11.1 Å². The van der Waals surface area contributed by atoms with E-state index in [-0.39, 0.29) is 12.5 Å². The lowest BCUT2D eigenvalue weighted by atomic mass is 9.63. The number of nitrogens with zero attached hydrogens (tertiary/aromatic N) is 1. The zero-order valence-corrected chi connectivity index (χ0v) is 14.9. The molecule has 2 aromatic carbocycles. The molecule has 1 N–H and O–H groups in total. The molecule has 3 fully saturated rings. The second-order valence-corrected chi connectivity index (χ2v) is 7.86. The van der Waals surface area contributed by atoms with Gasteiger partial charge in [-0.1, -0.05) is 48.5 Å². The minimum atomic E-state index is -1.05. The number of carbonyl (C=O) groups excluding carboxylic acids is 1. The first-order valence-electron chi connectivity index (χ1n) is 9.46. The molecule has 4 aliphatic rings. The van der Waals surface area contributed by atoms with E-state index in [0.29, 0.717) is 25.3 Å². The number of carboxylic acid groups (broad SMARTS) is 1. The maximum atomic E-state index is 12.8. The summed E-state index contributed by atoms with van der Waals surface area (Å²) in [4.78, 5) is 26.0. The van der Waals surface area contributed by atoms with Gasteiger partial charge in [0.15, 0.2) is 0 Å². The molecule has 2 saturated heterocycles. The van der Waals surface area contributed by atoms with Crippen molar-refractivity contribution in [3.05, 3.63) is 59.7 Å². The van der Waals surface area contributed by atoms with E-state index in [1.165, 1.54) is 16.0 Å². The number of hydrogen-bond acceptors (Lipinski definition) is 3. The Bertz CT molecular complexity index is 886. The van der Waals surface area contributed by atoms with Gasteiger partial charge in [-0.05, 0) is 47.4 Å². The van der Waals surface area contributed by atoms with Crippen molar-refractivity contribution < 1.29 is 19.4 Å². The lowest BCUT2D eigenvalue weighted by Gasteiger charge is -2.55. The Morgan fingerprint density at radius 2 is 1.63 bits per heavy atom. The minimum absolute atomic E-state index is 0.0129. The third-order valence-corrected chi connectivity index (χ3v) is 6.48. The van der Waals surface area contributed by atoms with E-state index >= 15 is 0 Å². The first-order chi connectivity index (χ1) is 13.1. The van der Waals surface area contributed by atoms with Crippen LogP contribution in [0.2, 0.25) is 0 Å². The van der Waals surface area contributed by atoms with Crippen molar-refractivity contribution in [2.45, 2.75) is 30.7 Å². The lowest BCUT2D eigenvalue weighted by Crippen LogP contribution is -2.68. The molecule has 2 heterocycles. The van der Waals surface area contributed by atoms with Gasteiger partial charge in [-0.3, -0.25) is 4.90 Å². The summed E-state index contributed by atoms with van der Waals surface area (Å²) in [5, 5.41) is 9.65. The molecule has 0 unspecified atom stereocenters. The number of hydrogen-bond donors (Lipinski definition) is 1. The Morgan fingerprint density at radius 1 is 1.04 bits per heavy atom. The Hall–Kier alpha value is -2.82. The number of amides is 1. The van der Waals surface area contributed by atoms with E-state index in [9.17, 15) is 14.7 Å². The van der Waals surface area contributed by atoms with Crippen LogP contribution in [0.3, 0.4) is 0 Å². The number of piperidine rings is 2. The molecule has 2 aromatic rings. The van der Waals surface area contributed by atoms with Crippen LogP contribution in [0.1, 0.15) is 36.3 Å². The summed E-state index contributed by atoms with van der Waals surface area (Å²) >= 11 is 0. The molecule has 27 heavy (non-hydrogen) atoms. The molecule has 1 saturated carbocycles. The highest BCUT2D eigenvalue weighted by Gasteiger charge is 2.59. The van der Waals surface area contributed by atoms with Gasteiger partial charge in [0, 0.05) is 12.5 Å². The van der Waals surface area contributed by atoms with Gasteiger partial charge in [-0.2, -0.15) is 0 Å². The molecule has 2 aliphatic carbocycles. The number of aliphatic carboxylic acids is 1. The number of carbonyl (C=O) groups is 2. The van der Waals surface area contributed by atoms with Crippen molar-refractivity contribution in [1.29, 1.82) is 0 Å². The number of fused-ring (bicyclic) bond motifs is 5. The first kappa shape index (κ1) is 16.4. The normalized spacial score (nSPS) is 25.3. The van der Waals surface area contributed by atoms with Crippen LogP contribution in [0.15, 0.2) is 48.5 Å². The number of rotatable bonds is 3. The highest BCUT2D eigenvalue weighted by molar-refractivity contribution is 5.86. The highest BCUT2D eigenvalue weighted by Crippen LogP contribution is 2.49. The predicted molar refractivity (Wildman–Crippen MR) is 99.5 cm³/mol. The number of carboxylic acids is 1. The molecule has 0 radical (unpaired) electrons. The van der Waals surface area contributed by atoms with Gasteiger partial charge in [-0.15, -0.1) is 0 Å². The fraction of sp³-hybridized carbons (Fsp3) is 0.364. The quantitative estimate of drug-likeness (QED) is 0.899. The van der Waals surface area contributed by atoms with Crippen LogP contribution in [-0.4, -0.2) is 40.8 Å². The molecule has 2 aliphatic heterocycles. The van der Waals surface area contributed by atoms with Crippen LogP contribution in [-0.2, 0) is 9.53 Å². The number of benzene rings is 2. The van der Waals surface area contributed by atoms with Crippen LogP contribution >= 0.6 is 0 Å². The summed E-state index contributed by atoms with van der Waals surface area (Å²) in [6.07, 6.45) is 1.45.